The predicted molar refractivity (Wildman–Crippen MR) is 71.7 cm³/mol. The van der Waals surface area contributed by atoms with Gasteiger partial charge in [0.25, 0.3) is 0 Å². The van der Waals surface area contributed by atoms with Gasteiger partial charge in [0.2, 0.25) is 0 Å². The van der Waals surface area contributed by atoms with E-state index in [0.29, 0.717) is 13.2 Å². The van der Waals surface area contributed by atoms with Crippen molar-refractivity contribution in [3.8, 4) is 5.75 Å². The number of ether oxygens (including phenoxy) is 2. The molecule has 2 rings (SSSR count). The Balaban J connectivity index is 2.25. The van der Waals surface area contributed by atoms with E-state index in [-0.39, 0.29) is 23.7 Å². The van der Waals surface area contributed by atoms with Gasteiger partial charge in [-0.15, -0.1) is 0 Å². The van der Waals surface area contributed by atoms with Crippen molar-refractivity contribution in [1.82, 2.24) is 4.90 Å². The topological polar surface area (TPSA) is 47.7 Å². The third kappa shape index (κ3) is 3.23. The SMILES string of the molecule is COc1ccc(C(C(C)N)N2CCOCC2)cc1F. The summed E-state index contributed by atoms with van der Waals surface area (Å²) >= 11 is 0. The first-order valence-corrected chi connectivity index (χ1v) is 6.54. The molecule has 1 fully saturated rings. The van der Waals surface area contributed by atoms with E-state index in [0.717, 1.165) is 18.7 Å². The Bertz CT molecular complexity index is 420. The fourth-order valence-electron chi connectivity index (χ4n) is 2.57. The van der Waals surface area contributed by atoms with Gasteiger partial charge in [0.05, 0.1) is 20.3 Å². The van der Waals surface area contributed by atoms with Gasteiger partial charge in [-0.25, -0.2) is 4.39 Å². The van der Waals surface area contributed by atoms with Crippen LogP contribution in [0.15, 0.2) is 18.2 Å². The molecule has 0 bridgehead atoms. The first kappa shape index (κ1) is 14.2. The molecule has 1 aliphatic rings. The number of rotatable bonds is 4. The van der Waals surface area contributed by atoms with Crippen molar-refractivity contribution in [2.75, 3.05) is 33.4 Å². The average Bonchev–Trinajstić information content (AvgIpc) is 2.40. The first-order chi connectivity index (χ1) is 9.13. The molecule has 0 saturated carbocycles. The summed E-state index contributed by atoms with van der Waals surface area (Å²) in [5.74, 6) is -0.0898. The Morgan fingerprint density at radius 3 is 2.58 bits per heavy atom. The molecule has 1 aromatic carbocycles. The van der Waals surface area contributed by atoms with Crippen LogP contribution >= 0.6 is 0 Å². The Kier molecular flexibility index (Phi) is 4.74. The van der Waals surface area contributed by atoms with E-state index in [1.54, 1.807) is 6.07 Å². The van der Waals surface area contributed by atoms with E-state index < -0.39 is 0 Å². The summed E-state index contributed by atoms with van der Waals surface area (Å²) in [5.41, 5.74) is 6.97. The van der Waals surface area contributed by atoms with Crippen molar-refractivity contribution in [3.05, 3.63) is 29.6 Å². The molecule has 1 saturated heterocycles. The zero-order valence-electron chi connectivity index (χ0n) is 11.4. The number of nitrogens with zero attached hydrogens (tertiary/aromatic N) is 1. The molecule has 0 aromatic heterocycles. The number of nitrogens with two attached hydrogens (primary N) is 1. The smallest absolute Gasteiger partial charge is 0.165 e. The highest BCUT2D eigenvalue weighted by Gasteiger charge is 2.26. The Morgan fingerprint density at radius 2 is 2.05 bits per heavy atom. The van der Waals surface area contributed by atoms with Gasteiger partial charge in [-0.3, -0.25) is 4.90 Å². The second-order valence-electron chi connectivity index (χ2n) is 4.85. The number of hydrogen-bond donors (Lipinski definition) is 1. The van der Waals surface area contributed by atoms with Crippen LogP contribution in [0.5, 0.6) is 5.75 Å². The Hall–Kier alpha value is -1.17. The lowest BCUT2D eigenvalue weighted by Gasteiger charge is -2.37. The van der Waals surface area contributed by atoms with Gasteiger partial charge in [-0.1, -0.05) is 6.07 Å². The lowest BCUT2D eigenvalue weighted by atomic mass is 9.98. The lowest BCUT2D eigenvalue weighted by Crippen LogP contribution is -2.45. The molecule has 1 aliphatic heterocycles. The predicted octanol–water partition coefficient (Wildman–Crippen LogP) is 1.55. The van der Waals surface area contributed by atoms with Crippen LogP contribution in [-0.2, 0) is 4.74 Å². The van der Waals surface area contributed by atoms with Gasteiger partial charge in [0, 0.05) is 25.2 Å². The zero-order chi connectivity index (χ0) is 13.8. The molecule has 0 spiro atoms. The normalized spacial score (nSPS) is 20.0. The van der Waals surface area contributed by atoms with Crippen molar-refractivity contribution in [2.24, 2.45) is 5.73 Å². The summed E-state index contributed by atoms with van der Waals surface area (Å²) in [7, 11) is 1.46. The maximum Gasteiger partial charge on any atom is 0.165 e. The summed E-state index contributed by atoms with van der Waals surface area (Å²) in [4.78, 5) is 2.25. The first-order valence-electron chi connectivity index (χ1n) is 6.54. The molecule has 4 nitrogen and oxygen atoms in total. The van der Waals surface area contributed by atoms with Gasteiger partial charge < -0.3 is 15.2 Å². The number of methoxy groups -OCH3 is 1. The molecular formula is C14H21FN2O2. The van der Waals surface area contributed by atoms with Crippen LogP contribution in [0.25, 0.3) is 0 Å². The van der Waals surface area contributed by atoms with Crippen molar-refractivity contribution in [1.29, 1.82) is 0 Å². The van der Waals surface area contributed by atoms with Gasteiger partial charge in [-0.05, 0) is 24.6 Å². The fourth-order valence-corrected chi connectivity index (χ4v) is 2.57. The highest BCUT2D eigenvalue weighted by atomic mass is 19.1. The van der Waals surface area contributed by atoms with Crippen LogP contribution in [0.3, 0.4) is 0 Å². The highest BCUT2D eigenvalue weighted by molar-refractivity contribution is 5.31. The minimum absolute atomic E-state index is 0.00399. The molecule has 19 heavy (non-hydrogen) atoms. The standard InChI is InChI=1S/C14H21FN2O2/c1-10(16)14(17-5-7-19-8-6-17)11-3-4-13(18-2)12(15)9-11/h3-4,9-10,14H,5-8,16H2,1-2H3. The van der Waals surface area contributed by atoms with Gasteiger partial charge in [0.15, 0.2) is 11.6 Å². The minimum Gasteiger partial charge on any atom is -0.494 e. The maximum absolute atomic E-state index is 13.8. The third-order valence-electron chi connectivity index (χ3n) is 3.45. The second-order valence-corrected chi connectivity index (χ2v) is 4.85. The summed E-state index contributed by atoms with van der Waals surface area (Å²) in [6.45, 7) is 4.98. The molecule has 5 heteroatoms. The molecule has 0 amide bonds. The molecule has 106 valence electrons. The molecule has 2 unspecified atom stereocenters. The number of morpholine rings is 1. The van der Waals surface area contributed by atoms with Gasteiger partial charge in [0.1, 0.15) is 0 Å². The van der Waals surface area contributed by atoms with Crippen LogP contribution in [-0.4, -0.2) is 44.4 Å². The van der Waals surface area contributed by atoms with E-state index in [1.807, 2.05) is 13.0 Å². The number of halogens is 1. The summed E-state index contributed by atoms with van der Waals surface area (Å²) in [6, 6.07) is 4.98. The monoisotopic (exact) mass is 268 g/mol. The zero-order valence-corrected chi connectivity index (χ0v) is 11.4. The summed E-state index contributed by atoms with van der Waals surface area (Å²) in [6.07, 6.45) is 0. The van der Waals surface area contributed by atoms with E-state index in [9.17, 15) is 4.39 Å². The van der Waals surface area contributed by atoms with Crippen molar-refractivity contribution in [2.45, 2.75) is 19.0 Å². The number of benzene rings is 1. The molecule has 0 radical (unpaired) electrons. The van der Waals surface area contributed by atoms with E-state index in [4.69, 9.17) is 15.2 Å². The Labute approximate surface area is 113 Å². The van der Waals surface area contributed by atoms with Crippen LogP contribution in [0.4, 0.5) is 4.39 Å². The van der Waals surface area contributed by atoms with Gasteiger partial charge >= 0.3 is 0 Å². The number of hydrogen-bond acceptors (Lipinski definition) is 4. The molecule has 1 aromatic rings. The van der Waals surface area contributed by atoms with Crippen LogP contribution in [0.1, 0.15) is 18.5 Å². The van der Waals surface area contributed by atoms with Crippen LogP contribution in [0, 0.1) is 5.82 Å². The second kappa shape index (κ2) is 6.32. The third-order valence-corrected chi connectivity index (χ3v) is 3.45. The van der Waals surface area contributed by atoms with Crippen molar-refractivity contribution >= 4 is 0 Å². The summed E-state index contributed by atoms with van der Waals surface area (Å²) < 4.78 is 24.1. The van der Waals surface area contributed by atoms with Crippen molar-refractivity contribution < 1.29 is 13.9 Å². The molecule has 0 aliphatic carbocycles. The molecule has 1 heterocycles. The van der Waals surface area contributed by atoms with Crippen molar-refractivity contribution in [3.63, 3.8) is 0 Å². The summed E-state index contributed by atoms with van der Waals surface area (Å²) in [5, 5.41) is 0. The highest BCUT2D eigenvalue weighted by Crippen LogP contribution is 2.28. The fraction of sp³-hybridized carbons (Fsp3) is 0.571. The molecule has 2 atom stereocenters. The van der Waals surface area contributed by atoms with Gasteiger partial charge in [-0.2, -0.15) is 0 Å². The maximum atomic E-state index is 13.8. The van der Waals surface area contributed by atoms with E-state index in [2.05, 4.69) is 4.90 Å². The molecule has 2 N–H and O–H groups in total. The van der Waals surface area contributed by atoms with E-state index in [1.165, 1.54) is 13.2 Å². The Morgan fingerprint density at radius 1 is 1.37 bits per heavy atom. The average molecular weight is 268 g/mol. The minimum atomic E-state index is -0.348. The van der Waals surface area contributed by atoms with Crippen LogP contribution < -0.4 is 10.5 Å². The largest absolute Gasteiger partial charge is 0.494 e. The van der Waals surface area contributed by atoms with E-state index >= 15 is 0 Å². The molecular weight excluding hydrogens is 247 g/mol. The lowest BCUT2D eigenvalue weighted by molar-refractivity contribution is 0.0116. The van der Waals surface area contributed by atoms with Crippen LogP contribution in [0.2, 0.25) is 0 Å². The quantitative estimate of drug-likeness (QED) is 0.900.